The van der Waals surface area contributed by atoms with E-state index in [2.05, 4.69) is 6.92 Å². The molecule has 0 aliphatic rings. The van der Waals surface area contributed by atoms with Crippen molar-refractivity contribution in [1.82, 2.24) is 0 Å². The number of hydrogen-bond donors (Lipinski definition) is 1. The molecule has 1 N–H and O–H groups in total. The Morgan fingerprint density at radius 2 is 1.69 bits per heavy atom. The molecule has 0 aromatic rings. The first-order chi connectivity index (χ1) is 7.48. The minimum Gasteiger partial charge on any atom is -0.392 e. The normalized spacial score (nSPS) is 13.9. The summed E-state index contributed by atoms with van der Waals surface area (Å²) < 4.78 is 27.1. The van der Waals surface area contributed by atoms with Gasteiger partial charge in [0.05, 0.1) is 12.7 Å². The SMILES string of the molecule is CCCCCCCCOS(=O)(=O)CC(C)O. The van der Waals surface area contributed by atoms with Crippen molar-refractivity contribution >= 4 is 10.1 Å². The van der Waals surface area contributed by atoms with E-state index in [-0.39, 0.29) is 12.4 Å². The van der Waals surface area contributed by atoms with Gasteiger partial charge in [0.1, 0.15) is 5.75 Å². The Labute approximate surface area is 99.1 Å². The molecule has 0 saturated carbocycles. The van der Waals surface area contributed by atoms with Gasteiger partial charge in [0.2, 0.25) is 0 Å². The van der Waals surface area contributed by atoms with E-state index in [0.29, 0.717) is 0 Å². The second-order valence-corrected chi connectivity index (χ2v) is 5.85. The van der Waals surface area contributed by atoms with Gasteiger partial charge in [-0.1, -0.05) is 39.0 Å². The third-order valence-corrected chi connectivity index (χ3v) is 3.62. The van der Waals surface area contributed by atoms with Crippen LogP contribution in [-0.4, -0.2) is 32.0 Å². The van der Waals surface area contributed by atoms with Crippen LogP contribution in [0.25, 0.3) is 0 Å². The van der Waals surface area contributed by atoms with Gasteiger partial charge in [0, 0.05) is 0 Å². The fraction of sp³-hybridized carbons (Fsp3) is 1.00. The molecule has 0 spiro atoms. The third kappa shape index (κ3) is 10.4. The molecule has 0 fully saturated rings. The molecule has 1 unspecified atom stereocenters. The number of hydrogen-bond acceptors (Lipinski definition) is 4. The van der Waals surface area contributed by atoms with Crippen molar-refractivity contribution in [3.05, 3.63) is 0 Å². The predicted octanol–water partition coefficient (Wildman–Crippen LogP) is 2.07. The third-order valence-electron chi connectivity index (χ3n) is 2.21. The van der Waals surface area contributed by atoms with E-state index >= 15 is 0 Å². The van der Waals surface area contributed by atoms with Crippen molar-refractivity contribution in [2.75, 3.05) is 12.4 Å². The zero-order valence-electron chi connectivity index (χ0n) is 10.3. The van der Waals surface area contributed by atoms with Crippen LogP contribution in [0.5, 0.6) is 0 Å². The Hall–Kier alpha value is -0.130. The van der Waals surface area contributed by atoms with E-state index in [1.54, 1.807) is 0 Å². The highest BCUT2D eigenvalue weighted by Crippen LogP contribution is 2.06. The molecule has 0 bridgehead atoms. The molecule has 0 aliphatic carbocycles. The van der Waals surface area contributed by atoms with Gasteiger partial charge in [0.15, 0.2) is 0 Å². The Balaban J connectivity index is 3.44. The van der Waals surface area contributed by atoms with Crippen molar-refractivity contribution in [2.24, 2.45) is 0 Å². The Morgan fingerprint density at radius 3 is 2.25 bits per heavy atom. The lowest BCUT2D eigenvalue weighted by molar-refractivity contribution is 0.210. The van der Waals surface area contributed by atoms with E-state index < -0.39 is 16.2 Å². The fourth-order valence-electron chi connectivity index (χ4n) is 1.41. The maximum absolute atomic E-state index is 11.2. The summed E-state index contributed by atoms with van der Waals surface area (Å²) >= 11 is 0. The Morgan fingerprint density at radius 1 is 1.12 bits per heavy atom. The molecule has 0 aromatic carbocycles. The lowest BCUT2D eigenvalue weighted by atomic mass is 10.1. The maximum atomic E-state index is 11.2. The number of aliphatic hydroxyl groups is 1. The van der Waals surface area contributed by atoms with Crippen LogP contribution in [0.2, 0.25) is 0 Å². The van der Waals surface area contributed by atoms with Gasteiger partial charge in [0.25, 0.3) is 10.1 Å². The van der Waals surface area contributed by atoms with Crippen molar-refractivity contribution in [2.45, 2.75) is 58.5 Å². The summed E-state index contributed by atoms with van der Waals surface area (Å²) in [6.07, 6.45) is 5.69. The van der Waals surface area contributed by atoms with Crippen molar-refractivity contribution in [3.63, 3.8) is 0 Å². The van der Waals surface area contributed by atoms with Gasteiger partial charge in [-0.2, -0.15) is 8.42 Å². The van der Waals surface area contributed by atoms with E-state index in [4.69, 9.17) is 9.29 Å². The lowest BCUT2D eigenvalue weighted by Gasteiger charge is -2.06. The summed E-state index contributed by atoms with van der Waals surface area (Å²) in [5, 5.41) is 8.93. The smallest absolute Gasteiger partial charge is 0.269 e. The second kappa shape index (κ2) is 8.96. The largest absolute Gasteiger partial charge is 0.392 e. The summed E-state index contributed by atoms with van der Waals surface area (Å²) in [5.41, 5.74) is 0. The van der Waals surface area contributed by atoms with Crippen LogP contribution in [0.15, 0.2) is 0 Å². The molecule has 1 atom stereocenters. The molecule has 98 valence electrons. The predicted molar refractivity (Wildman–Crippen MR) is 64.8 cm³/mol. The summed E-state index contributed by atoms with van der Waals surface area (Å²) in [7, 11) is -3.53. The molecule has 0 saturated heterocycles. The molecular weight excluding hydrogens is 228 g/mol. The fourth-order valence-corrected chi connectivity index (χ4v) is 2.47. The van der Waals surface area contributed by atoms with Crippen molar-refractivity contribution < 1.29 is 17.7 Å². The molecule has 0 heterocycles. The summed E-state index contributed by atoms with van der Waals surface area (Å²) in [5.74, 6) is -0.317. The van der Waals surface area contributed by atoms with Crippen LogP contribution in [-0.2, 0) is 14.3 Å². The highest BCUT2D eigenvalue weighted by molar-refractivity contribution is 7.86. The van der Waals surface area contributed by atoms with Crippen molar-refractivity contribution in [3.8, 4) is 0 Å². The minimum absolute atomic E-state index is 0.237. The Kier molecular flexibility index (Phi) is 8.89. The van der Waals surface area contributed by atoms with Crippen molar-refractivity contribution in [1.29, 1.82) is 0 Å². The monoisotopic (exact) mass is 252 g/mol. The van der Waals surface area contributed by atoms with E-state index in [0.717, 1.165) is 19.3 Å². The van der Waals surface area contributed by atoms with Gasteiger partial charge in [-0.15, -0.1) is 0 Å². The van der Waals surface area contributed by atoms with Crippen LogP contribution < -0.4 is 0 Å². The molecule has 0 rings (SSSR count). The van der Waals surface area contributed by atoms with Gasteiger partial charge < -0.3 is 5.11 Å². The van der Waals surface area contributed by atoms with Crippen LogP contribution in [0.4, 0.5) is 0 Å². The van der Waals surface area contributed by atoms with E-state index in [9.17, 15) is 8.42 Å². The van der Waals surface area contributed by atoms with Crippen LogP contribution >= 0.6 is 0 Å². The number of unbranched alkanes of at least 4 members (excludes halogenated alkanes) is 5. The molecule has 0 radical (unpaired) electrons. The topological polar surface area (TPSA) is 63.6 Å². The molecular formula is C11H24O4S. The first-order valence-electron chi connectivity index (χ1n) is 6.03. The highest BCUT2D eigenvalue weighted by Gasteiger charge is 2.14. The number of aliphatic hydroxyl groups excluding tert-OH is 1. The first kappa shape index (κ1) is 15.9. The maximum Gasteiger partial charge on any atom is 0.269 e. The average Bonchev–Trinajstić information content (AvgIpc) is 2.14. The molecule has 4 nitrogen and oxygen atoms in total. The van der Waals surface area contributed by atoms with Crippen LogP contribution in [0, 0.1) is 0 Å². The van der Waals surface area contributed by atoms with Gasteiger partial charge in [-0.05, 0) is 13.3 Å². The standard InChI is InChI=1S/C11H24O4S/c1-3-4-5-6-7-8-9-15-16(13,14)10-11(2)12/h11-12H,3-10H2,1-2H3. The quantitative estimate of drug-likeness (QED) is 0.477. The summed E-state index contributed by atoms with van der Waals surface area (Å²) in [4.78, 5) is 0. The Bertz CT molecular complexity index is 247. The van der Waals surface area contributed by atoms with Crippen LogP contribution in [0.3, 0.4) is 0 Å². The second-order valence-electron chi connectivity index (χ2n) is 4.16. The van der Waals surface area contributed by atoms with E-state index in [1.807, 2.05) is 0 Å². The summed E-state index contributed by atoms with van der Waals surface area (Å²) in [6.45, 7) is 3.83. The zero-order valence-corrected chi connectivity index (χ0v) is 11.1. The van der Waals surface area contributed by atoms with E-state index in [1.165, 1.54) is 26.2 Å². The van der Waals surface area contributed by atoms with Crippen LogP contribution in [0.1, 0.15) is 52.4 Å². The summed E-state index contributed by atoms with van der Waals surface area (Å²) in [6, 6.07) is 0. The molecule has 0 aliphatic heterocycles. The average molecular weight is 252 g/mol. The molecule has 5 heteroatoms. The molecule has 0 aromatic heterocycles. The van der Waals surface area contributed by atoms with Gasteiger partial charge >= 0.3 is 0 Å². The van der Waals surface area contributed by atoms with Gasteiger partial charge in [-0.3, -0.25) is 4.18 Å². The first-order valence-corrected chi connectivity index (χ1v) is 7.61. The number of rotatable bonds is 10. The molecule has 0 amide bonds. The lowest BCUT2D eigenvalue weighted by Crippen LogP contribution is -2.20. The molecule has 16 heavy (non-hydrogen) atoms. The highest BCUT2D eigenvalue weighted by atomic mass is 32.2. The minimum atomic E-state index is -3.53. The zero-order chi connectivity index (χ0) is 12.4. The van der Waals surface area contributed by atoms with Gasteiger partial charge in [-0.25, -0.2) is 0 Å².